The Bertz CT molecular complexity index is 945. The van der Waals surface area contributed by atoms with Crippen molar-refractivity contribution in [3.8, 4) is 22.4 Å². The first-order valence-electron chi connectivity index (χ1n) is 6.97. The maximum atomic E-state index is 14.5. The van der Waals surface area contributed by atoms with Crippen molar-refractivity contribution in [1.82, 2.24) is 15.0 Å². The summed E-state index contributed by atoms with van der Waals surface area (Å²) in [5, 5.41) is 0. The fourth-order valence-corrected chi connectivity index (χ4v) is 2.49. The zero-order valence-corrected chi connectivity index (χ0v) is 11.6. The minimum atomic E-state index is -0.300. The molecule has 22 heavy (non-hydrogen) atoms. The molecule has 0 aliphatic heterocycles. The van der Waals surface area contributed by atoms with E-state index in [2.05, 4.69) is 15.0 Å². The smallest absolute Gasteiger partial charge is 0.156 e. The van der Waals surface area contributed by atoms with E-state index in [1.807, 2.05) is 42.5 Å². The SMILES string of the molecule is Fc1cc(-c2ccccc2)ccc1-c1cnc2[nH]ccc2n1. The first kappa shape index (κ1) is 12.7. The van der Waals surface area contributed by atoms with Gasteiger partial charge < -0.3 is 4.98 Å². The molecule has 0 saturated heterocycles. The van der Waals surface area contributed by atoms with Crippen molar-refractivity contribution in [2.24, 2.45) is 0 Å². The Kier molecular flexibility index (Phi) is 2.93. The maximum absolute atomic E-state index is 14.5. The average molecular weight is 289 g/mol. The zero-order valence-electron chi connectivity index (χ0n) is 11.6. The Balaban J connectivity index is 1.79. The summed E-state index contributed by atoms with van der Waals surface area (Å²) < 4.78 is 14.5. The van der Waals surface area contributed by atoms with Gasteiger partial charge in [-0.25, -0.2) is 14.4 Å². The molecule has 4 rings (SSSR count). The van der Waals surface area contributed by atoms with Gasteiger partial charge in [0.15, 0.2) is 5.65 Å². The molecule has 2 aromatic carbocycles. The minimum Gasteiger partial charge on any atom is -0.345 e. The van der Waals surface area contributed by atoms with Crippen LogP contribution in [0.1, 0.15) is 0 Å². The third-order valence-electron chi connectivity index (χ3n) is 3.61. The molecule has 0 bridgehead atoms. The van der Waals surface area contributed by atoms with E-state index in [1.54, 1.807) is 18.5 Å². The van der Waals surface area contributed by atoms with E-state index in [0.717, 1.165) is 16.6 Å². The Labute approximate surface area is 126 Å². The Morgan fingerprint density at radius 3 is 2.59 bits per heavy atom. The first-order chi connectivity index (χ1) is 10.8. The third kappa shape index (κ3) is 2.15. The second-order valence-electron chi connectivity index (χ2n) is 5.03. The van der Waals surface area contributed by atoms with Gasteiger partial charge in [0.2, 0.25) is 0 Å². The van der Waals surface area contributed by atoms with Gasteiger partial charge in [-0.1, -0.05) is 36.4 Å². The molecular weight excluding hydrogens is 277 g/mol. The molecule has 0 amide bonds. The van der Waals surface area contributed by atoms with Crippen LogP contribution in [0.25, 0.3) is 33.5 Å². The number of nitrogens with one attached hydrogen (secondary N) is 1. The van der Waals surface area contributed by atoms with Gasteiger partial charge in [-0.05, 0) is 29.3 Å². The van der Waals surface area contributed by atoms with Crippen LogP contribution in [0, 0.1) is 5.82 Å². The number of H-pyrrole nitrogens is 1. The molecule has 4 aromatic rings. The molecule has 4 heteroatoms. The number of halogens is 1. The highest BCUT2D eigenvalue weighted by atomic mass is 19.1. The number of rotatable bonds is 2. The van der Waals surface area contributed by atoms with Gasteiger partial charge in [0, 0.05) is 11.8 Å². The summed E-state index contributed by atoms with van der Waals surface area (Å²) in [7, 11) is 0. The lowest BCUT2D eigenvalue weighted by atomic mass is 10.0. The number of hydrogen-bond donors (Lipinski definition) is 1. The van der Waals surface area contributed by atoms with E-state index in [1.165, 1.54) is 6.07 Å². The molecule has 0 aliphatic carbocycles. The van der Waals surface area contributed by atoms with Crippen molar-refractivity contribution < 1.29 is 4.39 Å². The number of aromatic amines is 1. The summed E-state index contributed by atoms with van der Waals surface area (Å²) in [4.78, 5) is 11.7. The molecule has 0 unspecified atom stereocenters. The summed E-state index contributed by atoms with van der Waals surface area (Å²) in [5.74, 6) is -0.300. The monoisotopic (exact) mass is 289 g/mol. The van der Waals surface area contributed by atoms with Gasteiger partial charge >= 0.3 is 0 Å². The van der Waals surface area contributed by atoms with Crippen LogP contribution >= 0.6 is 0 Å². The maximum Gasteiger partial charge on any atom is 0.156 e. The van der Waals surface area contributed by atoms with E-state index in [-0.39, 0.29) is 5.82 Å². The molecule has 2 aromatic heterocycles. The van der Waals surface area contributed by atoms with E-state index in [4.69, 9.17) is 0 Å². The quantitative estimate of drug-likeness (QED) is 0.593. The standard InChI is InChI=1S/C18H12FN3/c19-15-10-13(12-4-2-1-3-5-12)6-7-14(15)17-11-21-18-16(22-17)8-9-20-18/h1-11H,(H,20,21). The summed E-state index contributed by atoms with van der Waals surface area (Å²) >= 11 is 0. The Morgan fingerprint density at radius 1 is 0.909 bits per heavy atom. The summed E-state index contributed by atoms with van der Waals surface area (Å²) in [6, 6.07) is 16.7. The number of nitrogens with zero attached hydrogens (tertiary/aromatic N) is 2. The zero-order chi connectivity index (χ0) is 14.9. The minimum absolute atomic E-state index is 0.300. The van der Waals surface area contributed by atoms with Crippen LogP contribution in [0.2, 0.25) is 0 Å². The molecule has 0 atom stereocenters. The lowest BCUT2D eigenvalue weighted by Crippen LogP contribution is -1.91. The number of fused-ring (bicyclic) bond motifs is 1. The van der Waals surface area contributed by atoms with Crippen LogP contribution in [0.5, 0.6) is 0 Å². The van der Waals surface area contributed by atoms with Crippen molar-refractivity contribution >= 4 is 11.2 Å². The van der Waals surface area contributed by atoms with E-state index in [9.17, 15) is 4.39 Å². The molecule has 0 saturated carbocycles. The summed E-state index contributed by atoms with van der Waals surface area (Å²) in [5.41, 5.74) is 4.24. The second-order valence-corrected chi connectivity index (χ2v) is 5.03. The number of aromatic nitrogens is 3. The van der Waals surface area contributed by atoms with Crippen LogP contribution in [-0.2, 0) is 0 Å². The largest absolute Gasteiger partial charge is 0.345 e. The first-order valence-corrected chi connectivity index (χ1v) is 6.97. The highest BCUT2D eigenvalue weighted by Gasteiger charge is 2.10. The van der Waals surface area contributed by atoms with Crippen molar-refractivity contribution in [2.75, 3.05) is 0 Å². The molecule has 0 spiro atoms. The topological polar surface area (TPSA) is 41.6 Å². The fraction of sp³-hybridized carbons (Fsp3) is 0. The van der Waals surface area contributed by atoms with Gasteiger partial charge in [-0.3, -0.25) is 0 Å². The van der Waals surface area contributed by atoms with E-state index < -0.39 is 0 Å². The summed E-state index contributed by atoms with van der Waals surface area (Å²) in [6.07, 6.45) is 3.35. The van der Waals surface area contributed by atoms with E-state index in [0.29, 0.717) is 16.9 Å². The average Bonchev–Trinajstić information content (AvgIpc) is 3.03. The van der Waals surface area contributed by atoms with Gasteiger partial charge in [-0.2, -0.15) is 0 Å². The number of hydrogen-bond acceptors (Lipinski definition) is 2. The molecule has 106 valence electrons. The lowest BCUT2D eigenvalue weighted by molar-refractivity contribution is 0.631. The van der Waals surface area contributed by atoms with Crippen LogP contribution in [0.4, 0.5) is 4.39 Å². The second kappa shape index (κ2) is 5.07. The van der Waals surface area contributed by atoms with E-state index >= 15 is 0 Å². The highest BCUT2D eigenvalue weighted by molar-refractivity contribution is 5.75. The van der Waals surface area contributed by atoms with Gasteiger partial charge in [0.25, 0.3) is 0 Å². The molecule has 2 heterocycles. The highest BCUT2D eigenvalue weighted by Crippen LogP contribution is 2.27. The van der Waals surface area contributed by atoms with Crippen LogP contribution in [0.3, 0.4) is 0 Å². The predicted octanol–water partition coefficient (Wildman–Crippen LogP) is 4.43. The molecule has 1 N–H and O–H groups in total. The summed E-state index contributed by atoms with van der Waals surface area (Å²) in [6.45, 7) is 0. The van der Waals surface area contributed by atoms with Crippen LogP contribution in [0.15, 0.2) is 67.0 Å². The van der Waals surface area contributed by atoms with Crippen molar-refractivity contribution in [1.29, 1.82) is 0 Å². The molecule has 3 nitrogen and oxygen atoms in total. The van der Waals surface area contributed by atoms with Gasteiger partial charge in [-0.15, -0.1) is 0 Å². The van der Waals surface area contributed by atoms with Crippen molar-refractivity contribution in [3.63, 3.8) is 0 Å². The van der Waals surface area contributed by atoms with Gasteiger partial charge in [0.05, 0.1) is 11.9 Å². The predicted molar refractivity (Wildman–Crippen MR) is 84.7 cm³/mol. The van der Waals surface area contributed by atoms with Crippen LogP contribution in [-0.4, -0.2) is 15.0 Å². The van der Waals surface area contributed by atoms with Gasteiger partial charge in [0.1, 0.15) is 11.3 Å². The molecule has 0 aliphatic rings. The molecule has 0 radical (unpaired) electrons. The Morgan fingerprint density at radius 2 is 1.77 bits per heavy atom. The Hall–Kier alpha value is -3.01. The molecular formula is C18H12FN3. The van der Waals surface area contributed by atoms with Crippen molar-refractivity contribution in [2.45, 2.75) is 0 Å². The van der Waals surface area contributed by atoms with Crippen molar-refractivity contribution in [3.05, 3.63) is 72.8 Å². The third-order valence-corrected chi connectivity index (χ3v) is 3.61. The molecule has 0 fully saturated rings. The van der Waals surface area contributed by atoms with Crippen LogP contribution < -0.4 is 0 Å². The normalized spacial score (nSPS) is 11.0. The number of benzene rings is 2. The fourth-order valence-electron chi connectivity index (χ4n) is 2.49. The lowest BCUT2D eigenvalue weighted by Gasteiger charge is -2.06.